The van der Waals surface area contributed by atoms with Gasteiger partial charge >= 0.3 is 0 Å². The van der Waals surface area contributed by atoms with Gasteiger partial charge in [-0.3, -0.25) is 4.79 Å². The quantitative estimate of drug-likeness (QED) is 0.841. The maximum absolute atomic E-state index is 13.3. The molecule has 1 aromatic rings. The van der Waals surface area contributed by atoms with Gasteiger partial charge in [0.15, 0.2) is 0 Å². The zero-order valence-electron chi connectivity index (χ0n) is 12.3. The number of carbonyl (C=O) groups excluding carboxylic acids is 1. The molecule has 0 aliphatic heterocycles. The first kappa shape index (κ1) is 15.6. The smallest absolute Gasteiger partial charge is 0.220 e. The molecule has 1 aliphatic carbocycles. The minimum Gasteiger partial charge on any atom is -0.345 e. The standard InChI is InChI=1S/C18H22FNO/c19-17-11-5-4-9-16(17)10-6-14-20-18(21)13-12-15-7-2-1-3-8-15/h4-5,9,11,15H,1-3,7-8,12-14H2,(H,20,21). The second-order valence-electron chi connectivity index (χ2n) is 5.60. The van der Waals surface area contributed by atoms with E-state index in [4.69, 9.17) is 0 Å². The van der Waals surface area contributed by atoms with Gasteiger partial charge < -0.3 is 5.32 Å². The molecule has 0 unspecified atom stereocenters. The van der Waals surface area contributed by atoms with Gasteiger partial charge in [-0.05, 0) is 24.5 Å². The van der Waals surface area contributed by atoms with Crippen LogP contribution in [0, 0.1) is 23.6 Å². The fraction of sp³-hybridized carbons (Fsp3) is 0.500. The number of rotatable bonds is 4. The van der Waals surface area contributed by atoms with Crippen LogP contribution in [0.5, 0.6) is 0 Å². The summed E-state index contributed by atoms with van der Waals surface area (Å²) in [5, 5.41) is 2.78. The van der Waals surface area contributed by atoms with Crippen molar-refractivity contribution in [1.82, 2.24) is 5.32 Å². The van der Waals surface area contributed by atoms with E-state index in [0.717, 1.165) is 6.42 Å². The molecule has 0 spiro atoms. The molecule has 0 aromatic heterocycles. The van der Waals surface area contributed by atoms with Crippen molar-refractivity contribution < 1.29 is 9.18 Å². The normalized spacial score (nSPS) is 15.1. The molecular formula is C18H22FNO. The van der Waals surface area contributed by atoms with Crippen molar-refractivity contribution >= 4 is 5.91 Å². The van der Waals surface area contributed by atoms with Crippen LogP contribution in [0.15, 0.2) is 24.3 Å². The fourth-order valence-electron chi connectivity index (χ4n) is 2.74. The van der Waals surface area contributed by atoms with E-state index in [1.807, 2.05) is 0 Å². The summed E-state index contributed by atoms with van der Waals surface area (Å²) < 4.78 is 13.3. The van der Waals surface area contributed by atoms with E-state index >= 15 is 0 Å². The molecule has 1 N–H and O–H groups in total. The van der Waals surface area contributed by atoms with Crippen LogP contribution in [-0.4, -0.2) is 12.5 Å². The van der Waals surface area contributed by atoms with Gasteiger partial charge in [0, 0.05) is 6.42 Å². The third-order valence-corrected chi connectivity index (χ3v) is 3.98. The molecule has 21 heavy (non-hydrogen) atoms. The number of hydrogen-bond donors (Lipinski definition) is 1. The molecule has 1 amide bonds. The van der Waals surface area contributed by atoms with Crippen LogP contribution in [-0.2, 0) is 4.79 Å². The lowest BCUT2D eigenvalue weighted by molar-refractivity contribution is -0.121. The van der Waals surface area contributed by atoms with Crippen molar-refractivity contribution in [2.45, 2.75) is 44.9 Å². The van der Waals surface area contributed by atoms with E-state index in [1.165, 1.54) is 38.2 Å². The summed E-state index contributed by atoms with van der Waals surface area (Å²) in [6.07, 6.45) is 8.04. The first-order chi connectivity index (χ1) is 10.3. The molecule has 2 nitrogen and oxygen atoms in total. The monoisotopic (exact) mass is 287 g/mol. The Hall–Kier alpha value is -1.82. The number of benzene rings is 1. The highest BCUT2D eigenvalue weighted by Gasteiger charge is 2.14. The minimum atomic E-state index is -0.325. The van der Waals surface area contributed by atoms with Crippen LogP contribution in [0.1, 0.15) is 50.5 Å². The summed E-state index contributed by atoms with van der Waals surface area (Å²) in [6.45, 7) is 0.276. The van der Waals surface area contributed by atoms with E-state index in [1.54, 1.807) is 18.2 Å². The molecule has 0 atom stereocenters. The molecule has 112 valence electrons. The summed E-state index contributed by atoms with van der Waals surface area (Å²) in [5.41, 5.74) is 0.369. The largest absolute Gasteiger partial charge is 0.345 e. The maximum atomic E-state index is 13.3. The second kappa shape index (κ2) is 8.46. The van der Waals surface area contributed by atoms with Gasteiger partial charge in [0.2, 0.25) is 5.91 Å². The molecule has 3 heteroatoms. The van der Waals surface area contributed by atoms with E-state index in [9.17, 15) is 9.18 Å². The Kier molecular flexibility index (Phi) is 6.27. The Morgan fingerprint density at radius 1 is 1.24 bits per heavy atom. The van der Waals surface area contributed by atoms with Crippen LogP contribution in [0.4, 0.5) is 4.39 Å². The molecule has 0 saturated heterocycles. The van der Waals surface area contributed by atoms with E-state index < -0.39 is 0 Å². The van der Waals surface area contributed by atoms with Gasteiger partial charge in [0.1, 0.15) is 5.82 Å². The van der Waals surface area contributed by atoms with Crippen molar-refractivity contribution in [2.24, 2.45) is 5.92 Å². The highest BCUT2D eigenvalue weighted by atomic mass is 19.1. The lowest BCUT2D eigenvalue weighted by atomic mass is 9.86. The summed E-state index contributed by atoms with van der Waals surface area (Å²) in [5.74, 6) is 5.96. The van der Waals surface area contributed by atoms with Crippen LogP contribution >= 0.6 is 0 Å². The zero-order chi connectivity index (χ0) is 14.9. The van der Waals surface area contributed by atoms with Gasteiger partial charge in [0.05, 0.1) is 12.1 Å². The van der Waals surface area contributed by atoms with Crippen molar-refractivity contribution in [3.8, 4) is 11.8 Å². The van der Waals surface area contributed by atoms with E-state index in [-0.39, 0.29) is 18.3 Å². The van der Waals surface area contributed by atoms with Crippen LogP contribution < -0.4 is 5.32 Å². The van der Waals surface area contributed by atoms with Crippen molar-refractivity contribution in [3.05, 3.63) is 35.6 Å². The molecular weight excluding hydrogens is 265 g/mol. The number of halogens is 1. The molecule has 0 heterocycles. The summed E-state index contributed by atoms with van der Waals surface area (Å²) in [4.78, 5) is 11.7. The Balaban J connectivity index is 1.66. The SMILES string of the molecule is O=C(CCC1CCCCC1)NCC#Cc1ccccc1F. The van der Waals surface area contributed by atoms with Gasteiger partial charge in [-0.1, -0.05) is 56.1 Å². The summed E-state index contributed by atoms with van der Waals surface area (Å²) in [7, 11) is 0. The first-order valence-electron chi connectivity index (χ1n) is 7.76. The third-order valence-electron chi connectivity index (χ3n) is 3.98. The van der Waals surface area contributed by atoms with E-state index in [2.05, 4.69) is 17.2 Å². The van der Waals surface area contributed by atoms with Gasteiger partial charge in [-0.2, -0.15) is 0 Å². The highest BCUT2D eigenvalue weighted by Crippen LogP contribution is 2.27. The Morgan fingerprint density at radius 3 is 2.76 bits per heavy atom. The number of nitrogens with one attached hydrogen (secondary N) is 1. The number of amides is 1. The maximum Gasteiger partial charge on any atom is 0.220 e. The Labute approximate surface area is 126 Å². The molecule has 2 rings (SSSR count). The predicted octanol–water partition coefficient (Wildman–Crippen LogP) is 3.65. The first-order valence-corrected chi connectivity index (χ1v) is 7.76. The number of carbonyl (C=O) groups is 1. The predicted molar refractivity (Wildman–Crippen MR) is 82.1 cm³/mol. The average molecular weight is 287 g/mol. The Morgan fingerprint density at radius 2 is 2.00 bits per heavy atom. The van der Waals surface area contributed by atoms with Crippen molar-refractivity contribution in [2.75, 3.05) is 6.54 Å². The topological polar surface area (TPSA) is 29.1 Å². The molecule has 1 fully saturated rings. The molecule has 1 aromatic carbocycles. The van der Waals surface area contributed by atoms with Crippen LogP contribution in [0.25, 0.3) is 0 Å². The minimum absolute atomic E-state index is 0.0448. The average Bonchev–Trinajstić information content (AvgIpc) is 2.52. The van der Waals surface area contributed by atoms with Gasteiger partial charge in [0.25, 0.3) is 0 Å². The molecule has 0 radical (unpaired) electrons. The Bertz CT molecular complexity index is 524. The van der Waals surface area contributed by atoms with E-state index in [0.29, 0.717) is 17.9 Å². The number of hydrogen-bond acceptors (Lipinski definition) is 1. The molecule has 1 aliphatic rings. The van der Waals surface area contributed by atoms with Gasteiger partial charge in [-0.25, -0.2) is 4.39 Å². The molecule has 0 bridgehead atoms. The second-order valence-corrected chi connectivity index (χ2v) is 5.60. The summed E-state index contributed by atoms with van der Waals surface area (Å²) in [6, 6.07) is 6.39. The van der Waals surface area contributed by atoms with Crippen molar-refractivity contribution in [3.63, 3.8) is 0 Å². The van der Waals surface area contributed by atoms with Crippen LogP contribution in [0.3, 0.4) is 0 Å². The lowest BCUT2D eigenvalue weighted by Crippen LogP contribution is -2.24. The van der Waals surface area contributed by atoms with Gasteiger partial charge in [-0.15, -0.1) is 0 Å². The molecule has 1 saturated carbocycles. The zero-order valence-corrected chi connectivity index (χ0v) is 12.3. The van der Waals surface area contributed by atoms with Crippen molar-refractivity contribution in [1.29, 1.82) is 0 Å². The fourth-order valence-corrected chi connectivity index (χ4v) is 2.74. The van der Waals surface area contributed by atoms with Crippen LogP contribution in [0.2, 0.25) is 0 Å². The highest BCUT2D eigenvalue weighted by molar-refractivity contribution is 5.76. The lowest BCUT2D eigenvalue weighted by Gasteiger charge is -2.20. The summed E-state index contributed by atoms with van der Waals surface area (Å²) >= 11 is 0. The third kappa shape index (κ3) is 5.59.